The van der Waals surface area contributed by atoms with E-state index in [0.29, 0.717) is 17.8 Å². The molecule has 2 rings (SSSR count). The molecule has 0 fully saturated rings. The summed E-state index contributed by atoms with van der Waals surface area (Å²) < 4.78 is 0. The lowest BCUT2D eigenvalue weighted by molar-refractivity contribution is -0.105. The van der Waals surface area contributed by atoms with Crippen LogP contribution in [0.1, 0.15) is 40.0 Å². The predicted molar refractivity (Wildman–Crippen MR) is 67.1 cm³/mol. The SMILES string of the molecule is CC1=C[C@@H]2[C@@H](C(C)C)CC=C(C=O)[C@@H]2CC1. The number of fused-ring (bicyclic) bond motifs is 1. The van der Waals surface area contributed by atoms with Crippen molar-refractivity contribution in [1.29, 1.82) is 0 Å². The van der Waals surface area contributed by atoms with Crippen LogP contribution in [0.4, 0.5) is 0 Å². The van der Waals surface area contributed by atoms with Crippen LogP contribution in [0.3, 0.4) is 0 Å². The molecule has 1 heteroatoms. The second-order valence-electron chi connectivity index (χ2n) is 5.70. The fourth-order valence-electron chi connectivity index (χ4n) is 3.35. The highest BCUT2D eigenvalue weighted by atomic mass is 16.1. The van der Waals surface area contributed by atoms with Crippen LogP contribution < -0.4 is 0 Å². The van der Waals surface area contributed by atoms with Crippen molar-refractivity contribution in [2.24, 2.45) is 23.7 Å². The Labute approximate surface area is 98.6 Å². The summed E-state index contributed by atoms with van der Waals surface area (Å²) in [4.78, 5) is 11.1. The van der Waals surface area contributed by atoms with E-state index in [-0.39, 0.29) is 0 Å². The minimum Gasteiger partial charge on any atom is -0.298 e. The van der Waals surface area contributed by atoms with E-state index in [1.807, 2.05) is 0 Å². The summed E-state index contributed by atoms with van der Waals surface area (Å²) in [6, 6.07) is 0. The van der Waals surface area contributed by atoms with Gasteiger partial charge in [-0.15, -0.1) is 0 Å². The number of aldehydes is 1. The van der Waals surface area contributed by atoms with E-state index >= 15 is 0 Å². The molecule has 0 aromatic rings. The topological polar surface area (TPSA) is 17.1 Å². The van der Waals surface area contributed by atoms with E-state index in [2.05, 4.69) is 32.9 Å². The van der Waals surface area contributed by atoms with Crippen LogP contribution in [0.25, 0.3) is 0 Å². The first kappa shape index (κ1) is 11.6. The number of carbonyl (C=O) groups is 1. The largest absolute Gasteiger partial charge is 0.298 e. The highest BCUT2D eigenvalue weighted by Gasteiger charge is 2.36. The molecule has 0 aromatic carbocycles. The lowest BCUT2D eigenvalue weighted by atomic mass is 9.64. The maximum absolute atomic E-state index is 11.1. The second kappa shape index (κ2) is 4.57. The molecule has 0 bridgehead atoms. The molecular weight excluding hydrogens is 196 g/mol. The first-order valence-corrected chi connectivity index (χ1v) is 6.46. The van der Waals surface area contributed by atoms with Gasteiger partial charge in [0.05, 0.1) is 0 Å². The van der Waals surface area contributed by atoms with E-state index in [0.717, 1.165) is 30.6 Å². The molecule has 0 saturated heterocycles. The molecule has 2 aliphatic carbocycles. The van der Waals surface area contributed by atoms with Gasteiger partial charge in [0.15, 0.2) is 0 Å². The van der Waals surface area contributed by atoms with Gasteiger partial charge in [-0.3, -0.25) is 4.79 Å². The molecule has 0 radical (unpaired) electrons. The average Bonchev–Trinajstić information content (AvgIpc) is 2.26. The standard InChI is InChI=1S/C15H22O/c1-10(2)13-7-5-12(9-16)14-6-4-11(3)8-15(13)14/h5,8-10,13-15H,4,6-7H2,1-3H3/t13-,14+,15-/m1/s1. The van der Waals surface area contributed by atoms with Crippen LogP contribution >= 0.6 is 0 Å². The van der Waals surface area contributed by atoms with E-state index < -0.39 is 0 Å². The number of allylic oxidation sites excluding steroid dienone is 4. The molecule has 0 spiro atoms. The maximum Gasteiger partial charge on any atom is 0.146 e. The van der Waals surface area contributed by atoms with Crippen LogP contribution in [0.2, 0.25) is 0 Å². The monoisotopic (exact) mass is 218 g/mol. The third kappa shape index (κ3) is 2.00. The fraction of sp³-hybridized carbons (Fsp3) is 0.667. The number of hydrogen-bond donors (Lipinski definition) is 0. The van der Waals surface area contributed by atoms with Gasteiger partial charge in [-0.05, 0) is 55.4 Å². The van der Waals surface area contributed by atoms with Gasteiger partial charge in [-0.1, -0.05) is 31.6 Å². The van der Waals surface area contributed by atoms with Crippen LogP contribution in [0.15, 0.2) is 23.3 Å². The Morgan fingerprint density at radius 2 is 2.19 bits per heavy atom. The van der Waals surface area contributed by atoms with Crippen molar-refractivity contribution >= 4 is 6.29 Å². The van der Waals surface area contributed by atoms with Crippen LogP contribution in [0, 0.1) is 23.7 Å². The molecule has 3 atom stereocenters. The fourth-order valence-corrected chi connectivity index (χ4v) is 3.35. The highest BCUT2D eigenvalue weighted by Crippen LogP contribution is 2.44. The Kier molecular flexibility index (Phi) is 3.32. The van der Waals surface area contributed by atoms with Crippen LogP contribution in [-0.4, -0.2) is 6.29 Å². The van der Waals surface area contributed by atoms with E-state index in [4.69, 9.17) is 0 Å². The minimum absolute atomic E-state index is 0.502. The van der Waals surface area contributed by atoms with Gasteiger partial charge in [0.25, 0.3) is 0 Å². The zero-order valence-corrected chi connectivity index (χ0v) is 10.6. The van der Waals surface area contributed by atoms with Gasteiger partial charge in [0.2, 0.25) is 0 Å². The summed E-state index contributed by atoms with van der Waals surface area (Å²) >= 11 is 0. The molecule has 2 aliphatic rings. The van der Waals surface area contributed by atoms with Gasteiger partial charge < -0.3 is 0 Å². The molecule has 0 aromatic heterocycles. The Morgan fingerprint density at radius 1 is 1.44 bits per heavy atom. The highest BCUT2D eigenvalue weighted by molar-refractivity contribution is 5.74. The third-order valence-electron chi connectivity index (χ3n) is 4.33. The molecule has 0 heterocycles. The van der Waals surface area contributed by atoms with Gasteiger partial charge in [-0.25, -0.2) is 0 Å². The molecule has 0 amide bonds. The van der Waals surface area contributed by atoms with E-state index in [9.17, 15) is 4.79 Å². The quantitative estimate of drug-likeness (QED) is 0.509. The average molecular weight is 218 g/mol. The van der Waals surface area contributed by atoms with Crippen LogP contribution in [0.5, 0.6) is 0 Å². The van der Waals surface area contributed by atoms with Gasteiger partial charge in [-0.2, -0.15) is 0 Å². The summed E-state index contributed by atoms with van der Waals surface area (Å²) in [5.74, 6) is 2.55. The first-order chi connectivity index (χ1) is 7.63. The van der Waals surface area contributed by atoms with Crippen LogP contribution in [-0.2, 0) is 4.79 Å². The Hall–Kier alpha value is -0.850. The van der Waals surface area contributed by atoms with E-state index in [1.165, 1.54) is 12.0 Å². The Bertz CT molecular complexity index is 335. The lowest BCUT2D eigenvalue weighted by Gasteiger charge is -2.40. The summed E-state index contributed by atoms with van der Waals surface area (Å²) in [5.41, 5.74) is 2.57. The summed E-state index contributed by atoms with van der Waals surface area (Å²) in [7, 11) is 0. The zero-order chi connectivity index (χ0) is 11.7. The molecule has 88 valence electrons. The van der Waals surface area contributed by atoms with Crippen molar-refractivity contribution in [1.82, 2.24) is 0 Å². The summed E-state index contributed by atoms with van der Waals surface area (Å²) in [5, 5.41) is 0. The molecule has 0 unspecified atom stereocenters. The number of carbonyl (C=O) groups excluding carboxylic acids is 1. The van der Waals surface area contributed by atoms with Crippen molar-refractivity contribution in [3.05, 3.63) is 23.3 Å². The number of hydrogen-bond acceptors (Lipinski definition) is 1. The molecule has 1 nitrogen and oxygen atoms in total. The molecule has 0 saturated carbocycles. The third-order valence-corrected chi connectivity index (χ3v) is 4.33. The van der Waals surface area contributed by atoms with Gasteiger partial charge in [0, 0.05) is 0 Å². The van der Waals surface area contributed by atoms with Crippen molar-refractivity contribution in [3.63, 3.8) is 0 Å². The predicted octanol–water partition coefficient (Wildman–Crippen LogP) is 3.76. The van der Waals surface area contributed by atoms with Gasteiger partial charge in [0.1, 0.15) is 6.29 Å². The molecule has 16 heavy (non-hydrogen) atoms. The normalized spacial score (nSPS) is 34.1. The van der Waals surface area contributed by atoms with Crippen molar-refractivity contribution in [3.8, 4) is 0 Å². The summed E-state index contributed by atoms with van der Waals surface area (Å²) in [6.07, 6.45) is 9.13. The molecule has 0 aliphatic heterocycles. The van der Waals surface area contributed by atoms with Crippen molar-refractivity contribution in [2.75, 3.05) is 0 Å². The molecule has 0 N–H and O–H groups in total. The lowest BCUT2D eigenvalue weighted by Crippen LogP contribution is -2.32. The summed E-state index contributed by atoms with van der Waals surface area (Å²) in [6.45, 7) is 6.84. The number of rotatable bonds is 2. The van der Waals surface area contributed by atoms with Crippen molar-refractivity contribution in [2.45, 2.75) is 40.0 Å². The first-order valence-electron chi connectivity index (χ1n) is 6.46. The maximum atomic E-state index is 11.1. The Morgan fingerprint density at radius 3 is 2.81 bits per heavy atom. The second-order valence-corrected chi connectivity index (χ2v) is 5.70. The van der Waals surface area contributed by atoms with Crippen molar-refractivity contribution < 1.29 is 4.79 Å². The Balaban J connectivity index is 2.32. The molecular formula is C15H22O. The zero-order valence-electron chi connectivity index (χ0n) is 10.6. The minimum atomic E-state index is 0.502. The van der Waals surface area contributed by atoms with Gasteiger partial charge >= 0.3 is 0 Å². The smallest absolute Gasteiger partial charge is 0.146 e. The van der Waals surface area contributed by atoms with E-state index in [1.54, 1.807) is 0 Å².